The topological polar surface area (TPSA) is 128 Å². The number of nitriles is 1. The van der Waals surface area contributed by atoms with Gasteiger partial charge in [-0.1, -0.05) is 12.1 Å². The smallest absolute Gasteiger partial charge is 0.417 e. The van der Waals surface area contributed by atoms with Gasteiger partial charge in [-0.2, -0.15) is 23.5 Å². The number of rotatable bonds is 6. The number of anilines is 1. The van der Waals surface area contributed by atoms with Crippen LogP contribution in [0.3, 0.4) is 0 Å². The summed E-state index contributed by atoms with van der Waals surface area (Å²) < 4.78 is 72.9. The first kappa shape index (κ1) is 23.5. The Bertz CT molecular complexity index is 1290. The predicted octanol–water partition coefficient (Wildman–Crippen LogP) is 3.47. The van der Waals surface area contributed by atoms with Crippen LogP contribution in [-0.2, 0) is 20.8 Å². The number of halogens is 3. The van der Waals surface area contributed by atoms with Crippen molar-refractivity contribution in [1.29, 1.82) is 5.26 Å². The Balaban J connectivity index is 1.43. The predicted molar refractivity (Wildman–Crippen MR) is 116 cm³/mol. The lowest BCUT2D eigenvalue weighted by Crippen LogP contribution is -2.41. The standard InChI is InChI=1S/C22H22F3N5O4S/c23-22(24,25)15-3-1-2-4-17(15)35(32,33)14-9-19(34-20(31)27-21(12-26)7-8-21)30(11-14)18-10-16(28-29-18)13-5-6-13/h1-4,10,13-14,19H,5-9,11H2,(H,27,31)(H,28,29)/t14-,19+/m1/s1. The van der Waals surface area contributed by atoms with Crippen molar-refractivity contribution in [1.82, 2.24) is 15.5 Å². The molecule has 1 aromatic heterocycles. The molecular formula is C22H22F3N5O4S. The monoisotopic (exact) mass is 509 g/mol. The number of nitrogens with zero attached hydrogens (tertiary/aromatic N) is 3. The zero-order valence-electron chi connectivity index (χ0n) is 18.4. The molecule has 0 radical (unpaired) electrons. The molecule has 1 amide bonds. The van der Waals surface area contributed by atoms with Gasteiger partial charge in [0.1, 0.15) is 11.4 Å². The first-order valence-corrected chi connectivity index (χ1v) is 12.7. The van der Waals surface area contributed by atoms with Gasteiger partial charge in [-0.25, -0.2) is 13.2 Å². The zero-order chi connectivity index (χ0) is 25.0. The number of hydrogen-bond acceptors (Lipinski definition) is 7. The second kappa shape index (κ2) is 8.15. The number of ether oxygens (including phenoxy) is 1. The van der Waals surface area contributed by atoms with E-state index in [1.165, 1.54) is 11.0 Å². The molecular weight excluding hydrogens is 487 g/mol. The Morgan fingerprint density at radius 3 is 2.63 bits per heavy atom. The normalized spacial score (nSPS) is 23.5. The summed E-state index contributed by atoms with van der Waals surface area (Å²) in [6, 6.07) is 7.78. The summed E-state index contributed by atoms with van der Waals surface area (Å²) >= 11 is 0. The van der Waals surface area contributed by atoms with E-state index in [0.717, 1.165) is 36.7 Å². The van der Waals surface area contributed by atoms with Crippen LogP contribution in [0.25, 0.3) is 0 Å². The van der Waals surface area contributed by atoms with Crippen LogP contribution in [0.15, 0.2) is 35.2 Å². The maximum absolute atomic E-state index is 13.5. The molecule has 2 saturated carbocycles. The molecule has 0 bridgehead atoms. The fourth-order valence-electron chi connectivity index (χ4n) is 4.28. The van der Waals surface area contributed by atoms with E-state index in [1.807, 2.05) is 6.07 Å². The van der Waals surface area contributed by atoms with Gasteiger partial charge in [0, 0.05) is 24.9 Å². The van der Waals surface area contributed by atoms with E-state index in [9.17, 15) is 31.6 Å². The number of benzene rings is 1. The van der Waals surface area contributed by atoms with Gasteiger partial charge in [0.05, 0.1) is 27.5 Å². The van der Waals surface area contributed by atoms with Crippen LogP contribution in [0.4, 0.5) is 23.8 Å². The molecule has 5 rings (SSSR count). The number of sulfone groups is 1. The number of alkyl halides is 3. The Morgan fingerprint density at radius 2 is 2.00 bits per heavy atom. The number of hydrogen-bond donors (Lipinski definition) is 2. The number of aromatic nitrogens is 2. The minimum atomic E-state index is -4.85. The molecule has 2 aromatic rings. The number of H-pyrrole nitrogens is 1. The third-order valence-electron chi connectivity index (χ3n) is 6.59. The van der Waals surface area contributed by atoms with E-state index in [0.29, 0.717) is 24.6 Å². The van der Waals surface area contributed by atoms with Crippen molar-refractivity contribution in [3.63, 3.8) is 0 Å². The Labute approximate surface area is 199 Å². The summed E-state index contributed by atoms with van der Waals surface area (Å²) in [7, 11) is -4.45. The first-order chi connectivity index (χ1) is 16.5. The Kier molecular flexibility index (Phi) is 5.47. The lowest BCUT2D eigenvalue weighted by atomic mass is 10.2. The molecule has 1 aromatic carbocycles. The van der Waals surface area contributed by atoms with E-state index in [-0.39, 0.29) is 13.0 Å². The number of amides is 1. The van der Waals surface area contributed by atoms with Crippen molar-refractivity contribution in [3.8, 4) is 6.07 Å². The van der Waals surface area contributed by atoms with E-state index in [1.54, 1.807) is 6.07 Å². The number of nitrogens with one attached hydrogen (secondary N) is 2. The van der Waals surface area contributed by atoms with E-state index < -0.39 is 49.6 Å². The number of aromatic amines is 1. The van der Waals surface area contributed by atoms with Gasteiger partial charge in [-0.05, 0) is 37.8 Å². The zero-order valence-corrected chi connectivity index (χ0v) is 19.2. The van der Waals surface area contributed by atoms with Crippen LogP contribution in [0.5, 0.6) is 0 Å². The number of carbonyl (C=O) groups excluding carboxylic acids is 1. The summed E-state index contributed by atoms with van der Waals surface area (Å²) in [6.07, 6.45) is -4.17. The highest BCUT2D eigenvalue weighted by Crippen LogP contribution is 2.42. The largest absolute Gasteiger partial charge is 0.425 e. The highest BCUT2D eigenvalue weighted by atomic mass is 32.2. The second-order valence-electron chi connectivity index (χ2n) is 9.18. The quantitative estimate of drug-likeness (QED) is 0.610. The molecule has 186 valence electrons. The van der Waals surface area contributed by atoms with Gasteiger partial charge in [0.15, 0.2) is 16.1 Å². The average Bonchev–Trinajstić information content (AvgIpc) is 3.71. The number of alkyl carbamates (subject to hydrolysis) is 1. The minimum Gasteiger partial charge on any atom is -0.425 e. The molecule has 2 N–H and O–H groups in total. The van der Waals surface area contributed by atoms with Crippen molar-refractivity contribution < 1.29 is 31.1 Å². The van der Waals surface area contributed by atoms with Crippen LogP contribution < -0.4 is 10.2 Å². The maximum atomic E-state index is 13.5. The first-order valence-electron chi connectivity index (χ1n) is 11.1. The van der Waals surface area contributed by atoms with Crippen molar-refractivity contribution >= 4 is 21.7 Å². The highest BCUT2D eigenvalue weighted by molar-refractivity contribution is 7.92. The SMILES string of the molecule is N#CC1(NC(=O)O[C@H]2C[C@@H](S(=O)(=O)c3ccccc3C(F)(F)F)CN2c2cc(C3CC3)n[nH]2)CC1. The highest BCUT2D eigenvalue weighted by Gasteiger charge is 2.48. The average molecular weight is 510 g/mol. The molecule has 3 aliphatic rings. The van der Waals surface area contributed by atoms with Gasteiger partial charge < -0.3 is 15.0 Å². The second-order valence-corrected chi connectivity index (χ2v) is 11.4. The molecule has 9 nitrogen and oxygen atoms in total. The summed E-state index contributed by atoms with van der Waals surface area (Å²) in [4.78, 5) is 13.2. The maximum Gasteiger partial charge on any atom is 0.417 e. The Hall–Kier alpha value is -3.27. The number of carbonyl (C=O) groups is 1. The van der Waals surface area contributed by atoms with Crippen molar-refractivity contribution in [3.05, 3.63) is 41.6 Å². The molecule has 3 fully saturated rings. The van der Waals surface area contributed by atoms with Crippen LogP contribution >= 0.6 is 0 Å². The fourth-order valence-corrected chi connectivity index (χ4v) is 6.17. The lowest BCUT2D eigenvalue weighted by Gasteiger charge is -2.25. The van der Waals surface area contributed by atoms with Gasteiger partial charge in [0.25, 0.3) is 0 Å². The molecule has 35 heavy (non-hydrogen) atoms. The van der Waals surface area contributed by atoms with Crippen molar-refractivity contribution in [2.45, 2.75) is 66.1 Å². The summed E-state index contributed by atoms with van der Waals surface area (Å²) in [5.74, 6) is 0.710. The van der Waals surface area contributed by atoms with Gasteiger partial charge in [-0.3, -0.25) is 5.10 Å². The summed E-state index contributed by atoms with van der Waals surface area (Å²) in [5.41, 5.74) is -1.45. The molecule has 2 heterocycles. The molecule has 2 aliphatic carbocycles. The minimum absolute atomic E-state index is 0.206. The van der Waals surface area contributed by atoms with Gasteiger partial charge in [0.2, 0.25) is 0 Å². The van der Waals surface area contributed by atoms with Crippen LogP contribution in [-0.4, -0.2) is 48.3 Å². The Morgan fingerprint density at radius 1 is 1.29 bits per heavy atom. The van der Waals surface area contributed by atoms with Crippen LogP contribution in [0.1, 0.15) is 49.3 Å². The van der Waals surface area contributed by atoms with Crippen molar-refractivity contribution in [2.24, 2.45) is 0 Å². The van der Waals surface area contributed by atoms with Gasteiger partial charge in [-0.15, -0.1) is 0 Å². The third kappa shape index (κ3) is 4.54. The fraction of sp³-hybridized carbons (Fsp3) is 0.500. The molecule has 2 atom stereocenters. The van der Waals surface area contributed by atoms with Gasteiger partial charge >= 0.3 is 12.3 Å². The van der Waals surface area contributed by atoms with Crippen molar-refractivity contribution in [2.75, 3.05) is 11.4 Å². The van der Waals surface area contributed by atoms with E-state index in [2.05, 4.69) is 15.5 Å². The van der Waals surface area contributed by atoms with Crippen LogP contribution in [0, 0.1) is 11.3 Å². The molecule has 1 saturated heterocycles. The van der Waals surface area contributed by atoms with E-state index in [4.69, 9.17) is 4.74 Å². The lowest BCUT2D eigenvalue weighted by molar-refractivity contribution is -0.139. The molecule has 1 aliphatic heterocycles. The van der Waals surface area contributed by atoms with E-state index >= 15 is 0 Å². The molecule has 13 heteroatoms. The molecule has 0 spiro atoms. The summed E-state index contributed by atoms with van der Waals surface area (Å²) in [5, 5.41) is 17.5. The van der Waals surface area contributed by atoms with Crippen LogP contribution in [0.2, 0.25) is 0 Å². The summed E-state index contributed by atoms with van der Waals surface area (Å²) in [6.45, 7) is -0.206. The molecule has 0 unspecified atom stereocenters. The third-order valence-corrected chi connectivity index (χ3v) is 8.78.